The van der Waals surface area contributed by atoms with Crippen LogP contribution in [0.15, 0.2) is 47.6 Å². The highest BCUT2D eigenvalue weighted by atomic mass is 35.5. The molecule has 0 spiro atoms. The molecule has 1 aliphatic rings. The summed E-state index contributed by atoms with van der Waals surface area (Å²) in [6, 6.07) is 1.65. The Morgan fingerprint density at radius 2 is 1.52 bits per heavy atom. The summed E-state index contributed by atoms with van der Waals surface area (Å²) in [5.74, 6) is -5.52. The lowest BCUT2D eigenvalue weighted by molar-refractivity contribution is -0.154. The average Bonchev–Trinajstić information content (AvgIpc) is 3.20. The molecule has 1 aromatic carbocycles. The number of benzene rings is 1. The topological polar surface area (TPSA) is 207 Å². The first-order valence-electron chi connectivity index (χ1n) is 20.6. The lowest BCUT2D eigenvalue weighted by Gasteiger charge is -2.33. The highest BCUT2D eigenvalue weighted by Crippen LogP contribution is 2.23. The van der Waals surface area contributed by atoms with Gasteiger partial charge in [-0.3, -0.25) is 24.0 Å². The van der Waals surface area contributed by atoms with E-state index < -0.39 is 96.4 Å². The number of nitrogens with zero attached hydrogens (tertiary/aromatic N) is 2. The van der Waals surface area contributed by atoms with Crippen molar-refractivity contribution in [3.05, 3.63) is 58.1 Å². The lowest BCUT2D eigenvalue weighted by atomic mass is 9.89. The van der Waals surface area contributed by atoms with Gasteiger partial charge in [-0.1, -0.05) is 76.9 Å². The molecule has 0 saturated carbocycles. The summed E-state index contributed by atoms with van der Waals surface area (Å²) >= 11 is 6.12. The third-order valence-electron chi connectivity index (χ3n) is 11.0. The van der Waals surface area contributed by atoms with Crippen LogP contribution in [-0.2, 0) is 49.5 Å². The summed E-state index contributed by atoms with van der Waals surface area (Å²) in [6.45, 7) is 16.8. The van der Waals surface area contributed by atoms with Crippen LogP contribution in [0.2, 0.25) is 5.02 Å². The predicted molar refractivity (Wildman–Crippen MR) is 230 cm³/mol. The Labute approximate surface area is 360 Å². The summed E-state index contributed by atoms with van der Waals surface area (Å²) in [7, 11) is 2.83. The van der Waals surface area contributed by atoms with Gasteiger partial charge in [0.2, 0.25) is 23.6 Å². The van der Waals surface area contributed by atoms with Gasteiger partial charge in [-0.05, 0) is 82.6 Å². The minimum absolute atomic E-state index is 0.0345. The summed E-state index contributed by atoms with van der Waals surface area (Å²) in [6.07, 6.45) is 2.27. The third kappa shape index (κ3) is 15.1. The highest BCUT2D eigenvalue weighted by Gasteiger charge is 2.36. The fraction of sp³-hybridized carbons (Fsp3) is 0.614. The molecule has 5 N–H and O–H groups in total. The molecule has 334 valence electrons. The van der Waals surface area contributed by atoms with Crippen molar-refractivity contribution < 1.29 is 43.0 Å². The molecule has 15 nitrogen and oxygen atoms in total. The van der Waals surface area contributed by atoms with E-state index in [2.05, 4.69) is 16.0 Å². The van der Waals surface area contributed by atoms with Crippen LogP contribution in [0.5, 0.6) is 0 Å². The summed E-state index contributed by atoms with van der Waals surface area (Å²) in [5, 5.41) is 8.55. The number of likely N-dealkylation sites (N-methyl/N-ethyl adjacent to an activating group) is 2. The van der Waals surface area contributed by atoms with Gasteiger partial charge in [0.25, 0.3) is 5.91 Å². The normalized spacial score (nSPS) is 28.6. The summed E-state index contributed by atoms with van der Waals surface area (Å²) in [4.78, 5) is 98.3. The number of hydrogen-bond acceptors (Lipinski definition) is 10. The van der Waals surface area contributed by atoms with Crippen LogP contribution in [0.1, 0.15) is 94.1 Å². The van der Waals surface area contributed by atoms with Crippen molar-refractivity contribution in [2.45, 2.75) is 137 Å². The average molecular weight is 860 g/mol. The zero-order chi connectivity index (χ0) is 45.6. The van der Waals surface area contributed by atoms with Crippen LogP contribution in [0, 0.1) is 17.8 Å². The molecule has 0 aromatic heterocycles. The lowest BCUT2D eigenvalue weighted by Crippen LogP contribution is -2.57. The molecule has 2 unspecified atom stereocenters. The SMILES string of the molecule is C/C=C(\C)[C@H]1OC(=O)[C@@H](C)NC(=O)C(C(C)CC)NC(=O)CN(C)C(=O)[C@@H](Cc2ccc(Cl)cc2)N(C)C(=O)[C@H](C)NC(=O)[C@@H](CC(C)C)OC(=O)/C(C)=C/C[C@H](N)[C@@H]1C. The minimum atomic E-state index is -1.24. The quantitative estimate of drug-likeness (QED) is 0.230. The number of allylic oxidation sites excluding steroid dienone is 1. The number of nitrogens with one attached hydrogen (secondary N) is 3. The number of hydrogen-bond donors (Lipinski definition) is 4. The second-order valence-corrected chi connectivity index (χ2v) is 16.9. The van der Waals surface area contributed by atoms with E-state index in [4.69, 9.17) is 26.8 Å². The number of ether oxygens (including phenoxy) is 2. The number of rotatable bonds is 7. The van der Waals surface area contributed by atoms with E-state index in [9.17, 15) is 33.6 Å². The first-order chi connectivity index (χ1) is 28.0. The van der Waals surface area contributed by atoms with Gasteiger partial charge in [-0.15, -0.1) is 0 Å². The second kappa shape index (κ2) is 23.9. The van der Waals surface area contributed by atoms with Crippen LogP contribution in [0.3, 0.4) is 0 Å². The molecule has 1 heterocycles. The Morgan fingerprint density at radius 3 is 2.08 bits per heavy atom. The van der Waals surface area contributed by atoms with Crippen LogP contribution < -0.4 is 21.7 Å². The molecule has 9 atom stereocenters. The van der Waals surface area contributed by atoms with E-state index >= 15 is 0 Å². The van der Waals surface area contributed by atoms with Gasteiger partial charge in [0.15, 0.2) is 6.10 Å². The first-order valence-corrected chi connectivity index (χ1v) is 21.0. The van der Waals surface area contributed by atoms with Gasteiger partial charge < -0.3 is 41.0 Å². The van der Waals surface area contributed by atoms with E-state index in [1.54, 1.807) is 64.1 Å². The van der Waals surface area contributed by atoms with Gasteiger partial charge in [-0.25, -0.2) is 9.59 Å². The molecule has 0 aliphatic carbocycles. The molecule has 0 radical (unpaired) electrons. The monoisotopic (exact) mass is 858 g/mol. The van der Waals surface area contributed by atoms with Gasteiger partial charge in [0.1, 0.15) is 30.3 Å². The van der Waals surface area contributed by atoms with E-state index in [0.717, 1.165) is 10.5 Å². The van der Waals surface area contributed by atoms with Crippen LogP contribution in [-0.4, -0.2) is 114 Å². The van der Waals surface area contributed by atoms with E-state index in [1.165, 1.54) is 32.8 Å². The van der Waals surface area contributed by atoms with Gasteiger partial charge >= 0.3 is 11.9 Å². The number of esters is 2. The zero-order valence-corrected chi connectivity index (χ0v) is 38.1. The fourth-order valence-corrected chi connectivity index (χ4v) is 6.72. The van der Waals surface area contributed by atoms with Crippen molar-refractivity contribution in [1.82, 2.24) is 25.8 Å². The van der Waals surface area contributed by atoms with E-state index in [-0.39, 0.29) is 36.7 Å². The Bertz CT molecular complexity index is 1750. The standard InChI is InChI=1S/C44H67ClN6O9/c1-13-25(5)37-40(54)48-30(10)44(58)60-38(26(6)14-2)28(8)33(46)20-15-27(7)43(57)59-35(21-24(3)4)39(53)47-29(9)41(55)51(12)34(22-31-16-18-32(45)19-17-31)42(56)50(11)23-36(52)49-37/h14-19,24-25,28-30,33-35,37-38H,13,20-23,46H2,1-12H3,(H,47,53)(H,48,54)(H,49,52)/b26-14+,27-15+/t25?,28-,29-,30+,33-,34+,35+,37?,38+/m0/s1. The van der Waals surface area contributed by atoms with Crippen molar-refractivity contribution in [2.24, 2.45) is 23.5 Å². The van der Waals surface area contributed by atoms with E-state index in [1.807, 2.05) is 27.7 Å². The van der Waals surface area contributed by atoms with Crippen LogP contribution in [0.25, 0.3) is 0 Å². The molecular weight excluding hydrogens is 792 g/mol. The first kappa shape index (κ1) is 51.4. The van der Waals surface area contributed by atoms with Crippen molar-refractivity contribution in [3.63, 3.8) is 0 Å². The summed E-state index contributed by atoms with van der Waals surface area (Å²) in [5.41, 5.74) is 8.19. The minimum Gasteiger partial charge on any atom is -0.456 e. The zero-order valence-electron chi connectivity index (χ0n) is 37.3. The Balaban J connectivity index is 2.63. The number of nitrogens with two attached hydrogens (primary N) is 1. The molecular formula is C44H67ClN6O9. The molecule has 0 bridgehead atoms. The molecule has 2 rings (SSSR count). The van der Waals surface area contributed by atoms with Crippen molar-refractivity contribution in [2.75, 3.05) is 20.6 Å². The largest absolute Gasteiger partial charge is 0.456 e. The number of carbonyl (C=O) groups excluding carboxylic acids is 7. The van der Waals surface area contributed by atoms with Crippen molar-refractivity contribution in [1.29, 1.82) is 0 Å². The smallest absolute Gasteiger partial charge is 0.334 e. The maximum Gasteiger partial charge on any atom is 0.334 e. The summed E-state index contributed by atoms with van der Waals surface area (Å²) < 4.78 is 11.6. The Hall–Kier alpha value is -4.76. The molecule has 1 aliphatic heterocycles. The number of carbonyl (C=O) groups is 7. The molecule has 16 heteroatoms. The highest BCUT2D eigenvalue weighted by molar-refractivity contribution is 6.30. The predicted octanol–water partition coefficient (Wildman–Crippen LogP) is 3.86. The number of amides is 5. The number of cyclic esters (lactones) is 2. The third-order valence-corrected chi connectivity index (χ3v) is 11.3. The fourth-order valence-electron chi connectivity index (χ4n) is 6.59. The molecule has 0 saturated heterocycles. The van der Waals surface area contributed by atoms with Crippen LogP contribution >= 0.6 is 11.6 Å². The molecule has 5 amide bonds. The number of halogens is 1. The molecule has 1 aromatic rings. The van der Waals surface area contributed by atoms with Crippen molar-refractivity contribution >= 4 is 53.1 Å². The Morgan fingerprint density at radius 1 is 0.917 bits per heavy atom. The maximum atomic E-state index is 14.2. The van der Waals surface area contributed by atoms with E-state index in [0.29, 0.717) is 17.0 Å². The van der Waals surface area contributed by atoms with Crippen LogP contribution in [0.4, 0.5) is 0 Å². The molecule has 60 heavy (non-hydrogen) atoms. The van der Waals surface area contributed by atoms with Crippen molar-refractivity contribution in [3.8, 4) is 0 Å². The molecule has 0 fully saturated rings. The van der Waals surface area contributed by atoms with Gasteiger partial charge in [-0.2, -0.15) is 0 Å². The van der Waals surface area contributed by atoms with Gasteiger partial charge in [0.05, 0.1) is 6.54 Å². The Kier molecular flexibility index (Phi) is 20.4. The second-order valence-electron chi connectivity index (χ2n) is 16.4. The van der Waals surface area contributed by atoms with Gasteiger partial charge in [0, 0.05) is 43.1 Å². The maximum absolute atomic E-state index is 14.2.